The van der Waals surface area contributed by atoms with E-state index in [0.29, 0.717) is 18.1 Å². The topological polar surface area (TPSA) is 61.6 Å². The Bertz CT molecular complexity index is 497. The predicted molar refractivity (Wildman–Crippen MR) is 76.8 cm³/mol. The van der Waals surface area contributed by atoms with Gasteiger partial charge in [0.25, 0.3) is 0 Å². The van der Waals surface area contributed by atoms with Crippen LogP contribution in [0.25, 0.3) is 0 Å². The summed E-state index contributed by atoms with van der Waals surface area (Å²) in [6.45, 7) is 2.60. The van der Waals surface area contributed by atoms with Crippen molar-refractivity contribution >= 4 is 28.9 Å². The van der Waals surface area contributed by atoms with Crippen LogP contribution in [0.2, 0.25) is 5.02 Å². The number of alkyl halides is 1. The minimum absolute atomic E-state index is 0.113. The van der Waals surface area contributed by atoms with Gasteiger partial charge < -0.3 is 9.47 Å². The van der Waals surface area contributed by atoms with Gasteiger partial charge in [0, 0.05) is 24.1 Å². The summed E-state index contributed by atoms with van der Waals surface area (Å²) in [5, 5.41) is 11.2. The van der Waals surface area contributed by atoms with Gasteiger partial charge in [-0.05, 0) is 18.6 Å². The van der Waals surface area contributed by atoms with Gasteiger partial charge in [0.15, 0.2) is 5.75 Å². The molecule has 20 heavy (non-hydrogen) atoms. The molecule has 1 aliphatic rings. The number of rotatable bonds is 6. The van der Waals surface area contributed by atoms with Crippen molar-refractivity contribution in [1.82, 2.24) is 0 Å². The molecule has 1 aromatic carbocycles. The van der Waals surface area contributed by atoms with Crippen LogP contribution in [-0.2, 0) is 4.74 Å². The third kappa shape index (κ3) is 3.34. The van der Waals surface area contributed by atoms with Gasteiger partial charge >= 0.3 is 5.69 Å². The molecule has 7 heteroatoms. The molecule has 110 valence electrons. The van der Waals surface area contributed by atoms with E-state index in [-0.39, 0.29) is 29.0 Å². The molecule has 3 unspecified atom stereocenters. The Labute approximate surface area is 126 Å². The lowest BCUT2D eigenvalue weighted by Crippen LogP contribution is -2.52. The molecule has 0 saturated heterocycles. The summed E-state index contributed by atoms with van der Waals surface area (Å²) in [4.78, 5) is 10.5. The first-order chi connectivity index (χ1) is 9.52. The van der Waals surface area contributed by atoms with Crippen molar-refractivity contribution in [2.45, 2.75) is 37.4 Å². The van der Waals surface area contributed by atoms with E-state index in [2.05, 4.69) is 0 Å². The molecule has 1 saturated carbocycles. The van der Waals surface area contributed by atoms with Crippen LogP contribution in [0.3, 0.4) is 0 Å². The molecule has 1 fully saturated rings. The first-order valence-electron chi connectivity index (χ1n) is 6.39. The van der Waals surface area contributed by atoms with Gasteiger partial charge in [-0.3, -0.25) is 10.1 Å². The standard InChI is InChI=1S/C13H15Cl2NO4/c1-2-5-19-13-9(15)7-12(13)20-11-4-3-8(14)6-10(11)16(17)18/h3-4,6,9,12-13H,2,5,7H2,1H3. The van der Waals surface area contributed by atoms with Crippen LogP contribution < -0.4 is 4.74 Å². The monoisotopic (exact) mass is 319 g/mol. The summed E-state index contributed by atoms with van der Waals surface area (Å²) in [6, 6.07) is 4.33. The van der Waals surface area contributed by atoms with Crippen molar-refractivity contribution in [1.29, 1.82) is 0 Å². The quantitative estimate of drug-likeness (QED) is 0.454. The highest BCUT2D eigenvalue weighted by Crippen LogP contribution is 2.37. The highest BCUT2D eigenvalue weighted by molar-refractivity contribution is 6.30. The lowest BCUT2D eigenvalue weighted by atomic mass is 9.91. The first kappa shape index (κ1) is 15.4. The van der Waals surface area contributed by atoms with E-state index >= 15 is 0 Å². The second kappa shape index (κ2) is 6.61. The molecule has 0 spiro atoms. The third-order valence-electron chi connectivity index (χ3n) is 3.09. The number of benzene rings is 1. The molecular weight excluding hydrogens is 305 g/mol. The molecular formula is C13H15Cl2NO4. The summed E-state index contributed by atoms with van der Waals surface area (Å²) < 4.78 is 11.3. The average Bonchev–Trinajstić information content (AvgIpc) is 2.40. The van der Waals surface area contributed by atoms with Crippen LogP contribution in [0, 0.1) is 10.1 Å². The Kier molecular flexibility index (Phi) is 5.07. The lowest BCUT2D eigenvalue weighted by molar-refractivity contribution is -0.386. The normalized spacial score (nSPS) is 25.1. The fourth-order valence-electron chi connectivity index (χ4n) is 2.00. The van der Waals surface area contributed by atoms with Crippen LogP contribution in [0.15, 0.2) is 18.2 Å². The molecule has 0 aliphatic heterocycles. The zero-order valence-corrected chi connectivity index (χ0v) is 12.4. The first-order valence-corrected chi connectivity index (χ1v) is 7.20. The Morgan fingerprint density at radius 3 is 2.85 bits per heavy atom. The molecule has 0 bridgehead atoms. The lowest BCUT2D eigenvalue weighted by Gasteiger charge is -2.40. The average molecular weight is 320 g/mol. The molecule has 1 aromatic rings. The molecule has 0 radical (unpaired) electrons. The Balaban J connectivity index is 2.08. The largest absolute Gasteiger partial charge is 0.481 e. The van der Waals surface area contributed by atoms with Gasteiger partial charge in [-0.25, -0.2) is 0 Å². The van der Waals surface area contributed by atoms with E-state index in [1.807, 2.05) is 6.92 Å². The van der Waals surface area contributed by atoms with E-state index in [4.69, 9.17) is 32.7 Å². The molecule has 0 N–H and O–H groups in total. The van der Waals surface area contributed by atoms with Crippen LogP contribution in [0.4, 0.5) is 5.69 Å². The van der Waals surface area contributed by atoms with Crippen LogP contribution >= 0.6 is 23.2 Å². The zero-order valence-electron chi connectivity index (χ0n) is 10.9. The molecule has 1 aliphatic carbocycles. The number of halogens is 2. The number of ether oxygens (including phenoxy) is 2. The smallest absolute Gasteiger partial charge is 0.312 e. The fraction of sp³-hybridized carbons (Fsp3) is 0.538. The highest BCUT2D eigenvalue weighted by Gasteiger charge is 2.43. The van der Waals surface area contributed by atoms with E-state index < -0.39 is 4.92 Å². The van der Waals surface area contributed by atoms with E-state index in [9.17, 15) is 10.1 Å². The summed E-state index contributed by atoms with van der Waals surface area (Å²) >= 11 is 11.8. The minimum atomic E-state index is -0.514. The minimum Gasteiger partial charge on any atom is -0.481 e. The maximum atomic E-state index is 11.0. The van der Waals surface area contributed by atoms with Crippen molar-refractivity contribution in [3.8, 4) is 5.75 Å². The highest BCUT2D eigenvalue weighted by atomic mass is 35.5. The van der Waals surface area contributed by atoms with Gasteiger partial charge in [-0.2, -0.15) is 0 Å². The van der Waals surface area contributed by atoms with E-state index in [0.717, 1.165) is 6.42 Å². The zero-order chi connectivity index (χ0) is 14.7. The van der Waals surface area contributed by atoms with Crippen LogP contribution in [0.1, 0.15) is 19.8 Å². The summed E-state index contributed by atoms with van der Waals surface area (Å²) in [6.07, 6.45) is 1.000. The van der Waals surface area contributed by atoms with Crippen molar-refractivity contribution in [2.24, 2.45) is 0 Å². The number of hydrogen-bond acceptors (Lipinski definition) is 4. The Morgan fingerprint density at radius 1 is 1.50 bits per heavy atom. The second-order valence-corrected chi connectivity index (χ2v) is 5.61. The number of nitro groups is 1. The summed E-state index contributed by atoms with van der Waals surface area (Å²) in [5.74, 6) is 0.193. The SMILES string of the molecule is CCCOC1C(Cl)CC1Oc1ccc(Cl)cc1[N+](=O)[O-]. The van der Waals surface area contributed by atoms with Gasteiger partial charge in [-0.15, -0.1) is 11.6 Å². The van der Waals surface area contributed by atoms with E-state index in [1.165, 1.54) is 12.1 Å². The molecule has 3 atom stereocenters. The van der Waals surface area contributed by atoms with Crippen LogP contribution in [-0.4, -0.2) is 29.1 Å². The van der Waals surface area contributed by atoms with Crippen molar-refractivity contribution in [2.75, 3.05) is 6.61 Å². The summed E-state index contributed by atoms with van der Waals surface area (Å²) in [7, 11) is 0. The molecule has 0 aromatic heterocycles. The molecule has 0 amide bonds. The fourth-order valence-corrected chi connectivity index (χ4v) is 2.58. The van der Waals surface area contributed by atoms with Gasteiger partial charge in [0.05, 0.1) is 10.3 Å². The van der Waals surface area contributed by atoms with Crippen molar-refractivity contribution < 1.29 is 14.4 Å². The molecule has 0 heterocycles. The van der Waals surface area contributed by atoms with Crippen LogP contribution in [0.5, 0.6) is 5.75 Å². The number of nitrogens with zero attached hydrogens (tertiary/aromatic N) is 1. The third-order valence-corrected chi connectivity index (χ3v) is 3.75. The number of hydrogen-bond donors (Lipinski definition) is 0. The van der Waals surface area contributed by atoms with Crippen molar-refractivity contribution in [3.05, 3.63) is 33.3 Å². The predicted octanol–water partition coefficient (Wildman–Crippen LogP) is 3.80. The van der Waals surface area contributed by atoms with Crippen molar-refractivity contribution in [3.63, 3.8) is 0 Å². The van der Waals surface area contributed by atoms with Gasteiger partial charge in [-0.1, -0.05) is 18.5 Å². The van der Waals surface area contributed by atoms with Gasteiger partial charge in [0.1, 0.15) is 12.2 Å². The number of nitro benzene ring substituents is 1. The van der Waals surface area contributed by atoms with Gasteiger partial charge in [0.2, 0.25) is 0 Å². The molecule has 5 nitrogen and oxygen atoms in total. The maximum absolute atomic E-state index is 11.0. The second-order valence-electron chi connectivity index (χ2n) is 4.61. The summed E-state index contributed by atoms with van der Waals surface area (Å²) in [5.41, 5.74) is -0.148. The molecule has 2 rings (SSSR count). The maximum Gasteiger partial charge on any atom is 0.312 e. The Hall–Kier alpha value is -1.04. The Morgan fingerprint density at radius 2 is 2.25 bits per heavy atom. The van der Waals surface area contributed by atoms with E-state index in [1.54, 1.807) is 6.07 Å².